The third-order valence-corrected chi connectivity index (χ3v) is 11.4. The van der Waals surface area contributed by atoms with Crippen molar-refractivity contribution in [3.05, 3.63) is 192 Å². The van der Waals surface area contributed by atoms with Gasteiger partial charge in [0.15, 0.2) is 11.6 Å². The van der Waals surface area contributed by atoms with Crippen LogP contribution in [0.1, 0.15) is 43.0 Å². The highest BCUT2D eigenvalue weighted by atomic mass is 16.2. The molecule has 14 nitrogen and oxygen atoms in total. The minimum atomic E-state index is -0.177. The predicted octanol–water partition coefficient (Wildman–Crippen LogP) is 9.32. The normalized spacial score (nSPS) is 12.9. The monoisotopic (exact) mass is 872 g/mol. The van der Waals surface area contributed by atoms with Crippen molar-refractivity contribution in [2.45, 2.75) is 26.9 Å². The Balaban J connectivity index is 0.724. The van der Waals surface area contributed by atoms with Crippen LogP contribution in [0.25, 0.3) is 22.8 Å². The van der Waals surface area contributed by atoms with Crippen LogP contribution in [-0.2, 0) is 13.1 Å². The van der Waals surface area contributed by atoms with Crippen LogP contribution in [0.3, 0.4) is 0 Å². The highest BCUT2D eigenvalue weighted by molar-refractivity contribution is 6.05. The molecule has 4 N–H and O–H groups in total. The van der Waals surface area contributed by atoms with Crippen LogP contribution in [-0.4, -0.2) is 77.7 Å². The van der Waals surface area contributed by atoms with Crippen LogP contribution in [0.4, 0.5) is 34.4 Å². The standard InChI is InChI=1S/C52H48N12O2/c1-35-7-17-43(29-45(35)59-47-19-23-55-49(61-47)41-5-3-21-53-31-41)57-51(65)39-13-9-37(10-14-39)33-63-25-27-64(28-26-63)34-38-11-15-40(16-12-38)52(66)58-44-18-8-36(2)46(30-44)60-48-20-24-56-50(62-48)42-6-4-22-54-32-42/h3-24,29-32H,25-28,33-34H2,1-2H3,(H,57,65)(H,58,66)(H,55,59,61)(H,56,60,62). The highest BCUT2D eigenvalue weighted by Gasteiger charge is 2.18. The van der Waals surface area contributed by atoms with Crippen molar-refractivity contribution in [1.82, 2.24) is 39.7 Å². The molecule has 0 unspecified atom stereocenters. The predicted molar refractivity (Wildman–Crippen MR) is 259 cm³/mol. The highest BCUT2D eigenvalue weighted by Crippen LogP contribution is 2.27. The molecule has 0 aliphatic carbocycles. The van der Waals surface area contributed by atoms with E-state index in [2.05, 4.69) is 61.0 Å². The Morgan fingerprint density at radius 3 is 1.33 bits per heavy atom. The fraction of sp³-hybridized carbons (Fsp3) is 0.154. The number of piperazine rings is 1. The van der Waals surface area contributed by atoms with Gasteiger partial charge in [0.1, 0.15) is 11.6 Å². The van der Waals surface area contributed by atoms with E-state index in [-0.39, 0.29) is 11.8 Å². The van der Waals surface area contributed by atoms with Gasteiger partial charge >= 0.3 is 0 Å². The number of hydrogen-bond donors (Lipinski definition) is 4. The molecule has 8 aromatic rings. The van der Waals surface area contributed by atoms with E-state index in [4.69, 9.17) is 0 Å². The number of nitrogens with one attached hydrogen (secondary N) is 4. The van der Waals surface area contributed by atoms with Crippen LogP contribution in [0.5, 0.6) is 0 Å². The van der Waals surface area contributed by atoms with E-state index in [9.17, 15) is 9.59 Å². The zero-order chi connectivity index (χ0) is 45.2. The van der Waals surface area contributed by atoms with Crippen LogP contribution in [0.2, 0.25) is 0 Å². The Morgan fingerprint density at radius 2 is 0.939 bits per heavy atom. The number of anilines is 6. The average molecular weight is 873 g/mol. The molecule has 1 aliphatic rings. The zero-order valence-corrected chi connectivity index (χ0v) is 36.6. The molecule has 14 heteroatoms. The van der Waals surface area contributed by atoms with Crippen molar-refractivity contribution >= 4 is 46.2 Å². The van der Waals surface area contributed by atoms with Crippen LogP contribution in [0, 0.1) is 13.8 Å². The topological polar surface area (TPSA) is 166 Å². The first-order valence-corrected chi connectivity index (χ1v) is 21.8. The SMILES string of the molecule is Cc1ccc(NC(=O)c2ccc(CN3CCN(Cc4ccc(C(=O)Nc5ccc(C)c(Nc6ccnc(-c7cccnc7)n6)c5)cc4)CC3)cc2)cc1Nc1ccnc(-c2cccnc2)n1. The Labute approximate surface area is 383 Å². The first-order chi connectivity index (χ1) is 32.3. The van der Waals surface area contributed by atoms with Gasteiger partial charge in [-0.1, -0.05) is 36.4 Å². The van der Waals surface area contributed by atoms with Gasteiger partial charge in [0.25, 0.3) is 11.8 Å². The molecule has 0 saturated carbocycles. The number of aryl methyl sites for hydroxylation is 2. The smallest absolute Gasteiger partial charge is 0.255 e. The van der Waals surface area contributed by atoms with Crippen molar-refractivity contribution in [1.29, 1.82) is 0 Å². The van der Waals surface area contributed by atoms with Gasteiger partial charge in [-0.15, -0.1) is 0 Å². The van der Waals surface area contributed by atoms with Gasteiger partial charge in [0.2, 0.25) is 0 Å². The average Bonchev–Trinajstić information content (AvgIpc) is 3.35. The van der Waals surface area contributed by atoms with Gasteiger partial charge in [-0.2, -0.15) is 0 Å². The molecular formula is C52H48N12O2. The number of rotatable bonds is 14. The lowest BCUT2D eigenvalue weighted by atomic mass is 10.1. The van der Waals surface area contributed by atoms with Gasteiger partial charge in [-0.25, -0.2) is 19.9 Å². The maximum absolute atomic E-state index is 13.3. The fourth-order valence-electron chi connectivity index (χ4n) is 7.62. The van der Waals surface area contributed by atoms with Gasteiger partial charge in [-0.05, 0) is 121 Å². The summed E-state index contributed by atoms with van der Waals surface area (Å²) in [5, 5.41) is 12.8. The molecule has 0 atom stereocenters. The third kappa shape index (κ3) is 10.9. The van der Waals surface area contributed by atoms with Crippen LogP contribution in [0.15, 0.2) is 159 Å². The van der Waals surface area contributed by atoms with Crippen LogP contribution >= 0.6 is 0 Å². The van der Waals surface area contributed by atoms with Crippen molar-refractivity contribution in [3.8, 4) is 22.8 Å². The number of benzene rings is 4. The lowest BCUT2D eigenvalue weighted by Gasteiger charge is -2.34. The first kappa shape index (κ1) is 43.1. The Morgan fingerprint density at radius 1 is 0.515 bits per heavy atom. The van der Waals surface area contributed by atoms with E-state index in [1.165, 1.54) is 0 Å². The second-order valence-electron chi connectivity index (χ2n) is 16.2. The minimum Gasteiger partial charge on any atom is -0.340 e. The van der Waals surface area contributed by atoms with Gasteiger partial charge in [-0.3, -0.25) is 29.4 Å². The van der Waals surface area contributed by atoms with E-state index >= 15 is 0 Å². The van der Waals surface area contributed by atoms with E-state index in [0.29, 0.717) is 45.8 Å². The maximum atomic E-state index is 13.3. The zero-order valence-electron chi connectivity index (χ0n) is 36.6. The van der Waals surface area contributed by atoms with E-state index in [0.717, 1.165) is 84.0 Å². The van der Waals surface area contributed by atoms with E-state index in [1.54, 1.807) is 49.3 Å². The largest absolute Gasteiger partial charge is 0.340 e. The Kier molecular flexibility index (Phi) is 13.1. The van der Waals surface area contributed by atoms with Crippen molar-refractivity contribution in [2.75, 3.05) is 47.4 Å². The van der Waals surface area contributed by atoms with Gasteiger partial charge in [0, 0.05) is 121 Å². The van der Waals surface area contributed by atoms with E-state index in [1.807, 2.05) is 123 Å². The molecule has 0 bridgehead atoms. The summed E-state index contributed by atoms with van der Waals surface area (Å²) in [6.07, 6.45) is 10.3. The molecular weight excluding hydrogens is 825 g/mol. The van der Waals surface area contributed by atoms with Crippen molar-refractivity contribution in [3.63, 3.8) is 0 Å². The summed E-state index contributed by atoms with van der Waals surface area (Å²) in [6, 6.07) is 38.4. The lowest BCUT2D eigenvalue weighted by molar-refractivity contribution is 0.101. The molecule has 0 spiro atoms. The molecule has 66 heavy (non-hydrogen) atoms. The molecule has 328 valence electrons. The van der Waals surface area contributed by atoms with Gasteiger partial charge < -0.3 is 21.3 Å². The number of carbonyl (C=O) groups is 2. The Hall–Kier alpha value is -8.20. The van der Waals surface area contributed by atoms with Crippen molar-refractivity contribution < 1.29 is 9.59 Å². The second kappa shape index (κ2) is 20.1. The van der Waals surface area contributed by atoms with E-state index < -0.39 is 0 Å². The molecule has 1 saturated heterocycles. The number of aromatic nitrogens is 6. The molecule has 4 aromatic heterocycles. The van der Waals surface area contributed by atoms with Crippen LogP contribution < -0.4 is 21.3 Å². The summed E-state index contributed by atoms with van der Waals surface area (Å²) >= 11 is 0. The molecule has 1 fully saturated rings. The number of nitrogens with zero attached hydrogens (tertiary/aromatic N) is 8. The molecule has 0 radical (unpaired) electrons. The molecule has 9 rings (SSSR count). The molecule has 4 aromatic carbocycles. The second-order valence-corrected chi connectivity index (χ2v) is 16.2. The minimum absolute atomic E-state index is 0.177. The number of amides is 2. The number of hydrogen-bond acceptors (Lipinski definition) is 12. The molecule has 2 amide bonds. The molecule has 5 heterocycles. The number of pyridine rings is 2. The maximum Gasteiger partial charge on any atom is 0.255 e. The summed E-state index contributed by atoms with van der Waals surface area (Å²) in [5.74, 6) is 2.08. The summed E-state index contributed by atoms with van der Waals surface area (Å²) < 4.78 is 0. The first-order valence-electron chi connectivity index (χ1n) is 21.8. The molecule has 1 aliphatic heterocycles. The van der Waals surface area contributed by atoms with Gasteiger partial charge in [0.05, 0.1) is 0 Å². The third-order valence-electron chi connectivity index (χ3n) is 11.4. The summed E-state index contributed by atoms with van der Waals surface area (Å²) in [7, 11) is 0. The fourth-order valence-corrected chi connectivity index (χ4v) is 7.62. The number of carbonyl (C=O) groups excluding carboxylic acids is 2. The lowest BCUT2D eigenvalue weighted by Crippen LogP contribution is -2.45. The summed E-state index contributed by atoms with van der Waals surface area (Å²) in [4.78, 5) is 57.9. The van der Waals surface area contributed by atoms with Crippen molar-refractivity contribution in [2.24, 2.45) is 0 Å². The summed E-state index contributed by atoms with van der Waals surface area (Å²) in [6.45, 7) is 9.36. The summed E-state index contributed by atoms with van der Waals surface area (Å²) in [5.41, 5.74) is 10.2. The Bertz CT molecular complexity index is 2740. The quantitative estimate of drug-likeness (QED) is 0.0820.